The second-order valence-corrected chi connectivity index (χ2v) is 7.87. The van der Waals surface area contributed by atoms with Gasteiger partial charge in [0.25, 0.3) is 5.69 Å². The summed E-state index contributed by atoms with van der Waals surface area (Å²) >= 11 is 0. The van der Waals surface area contributed by atoms with E-state index in [-0.39, 0.29) is 5.69 Å². The smallest absolute Gasteiger partial charge is 0.269 e. The van der Waals surface area contributed by atoms with Crippen LogP contribution in [0.3, 0.4) is 0 Å². The number of azo groups is 1. The van der Waals surface area contributed by atoms with Gasteiger partial charge in [0.2, 0.25) is 0 Å². The molecule has 0 fully saturated rings. The van der Waals surface area contributed by atoms with Gasteiger partial charge in [-0.2, -0.15) is 10.4 Å². The van der Waals surface area contributed by atoms with Gasteiger partial charge in [0, 0.05) is 31.3 Å². The van der Waals surface area contributed by atoms with Crippen molar-refractivity contribution in [3.05, 3.63) is 112 Å². The molecule has 0 saturated heterocycles. The number of nitrogens with one attached hydrogen (secondary N) is 2. The Hall–Kier alpha value is -5.10. The quantitative estimate of drug-likeness (QED) is 0.140. The monoisotopic (exact) mass is 493 g/mol. The van der Waals surface area contributed by atoms with Crippen molar-refractivity contribution >= 4 is 34.4 Å². The van der Waals surface area contributed by atoms with Crippen molar-refractivity contribution in [2.75, 3.05) is 17.2 Å². The zero-order valence-electron chi connectivity index (χ0n) is 20.6. The summed E-state index contributed by atoms with van der Waals surface area (Å²) in [7, 11) is 0. The maximum absolute atomic E-state index is 10.9. The summed E-state index contributed by atoms with van der Waals surface area (Å²) in [6, 6.07) is 29.6. The van der Waals surface area contributed by atoms with Gasteiger partial charge in [0.05, 0.1) is 16.7 Å². The third kappa shape index (κ3) is 8.26. The van der Waals surface area contributed by atoms with Gasteiger partial charge in [0.1, 0.15) is 11.5 Å². The molecule has 9 nitrogen and oxygen atoms in total. The normalized spacial score (nSPS) is 10.2. The molecule has 0 amide bonds. The highest BCUT2D eigenvalue weighted by Crippen LogP contribution is 2.33. The number of anilines is 3. The number of aromatic nitrogens is 1. The van der Waals surface area contributed by atoms with E-state index in [2.05, 4.69) is 33.0 Å². The van der Waals surface area contributed by atoms with Crippen LogP contribution in [-0.4, -0.2) is 16.5 Å². The number of nitro benzene ring substituents is 1. The first-order valence-corrected chi connectivity index (χ1v) is 11.6. The van der Waals surface area contributed by atoms with E-state index < -0.39 is 4.92 Å². The molecule has 2 N–H and O–H groups in total. The molecule has 1 heterocycles. The number of pyridine rings is 1. The number of para-hydroxylation sites is 1. The lowest BCUT2D eigenvalue weighted by molar-refractivity contribution is -0.384. The van der Waals surface area contributed by atoms with Gasteiger partial charge in [-0.15, -0.1) is 5.11 Å². The van der Waals surface area contributed by atoms with Gasteiger partial charge >= 0.3 is 0 Å². The van der Waals surface area contributed by atoms with E-state index in [1.54, 1.807) is 18.2 Å². The molecule has 0 bridgehead atoms. The molecule has 0 spiro atoms. The van der Waals surface area contributed by atoms with Crippen molar-refractivity contribution in [3.63, 3.8) is 0 Å². The third-order valence-corrected chi connectivity index (χ3v) is 5.11. The van der Waals surface area contributed by atoms with E-state index in [0.717, 1.165) is 30.0 Å². The first-order chi connectivity index (χ1) is 18.0. The van der Waals surface area contributed by atoms with E-state index in [1.807, 2.05) is 61.5 Å². The van der Waals surface area contributed by atoms with E-state index in [9.17, 15) is 10.1 Å². The fourth-order valence-corrected chi connectivity index (χ4v) is 3.36. The number of hydrogen-bond acceptors (Lipinski definition) is 8. The maximum Gasteiger partial charge on any atom is 0.269 e. The lowest BCUT2D eigenvalue weighted by Crippen LogP contribution is -2.08. The van der Waals surface area contributed by atoms with Gasteiger partial charge < -0.3 is 10.6 Å². The molecule has 1 aromatic heterocycles. The zero-order valence-corrected chi connectivity index (χ0v) is 20.6. The molecule has 3 aromatic carbocycles. The molecular weight excluding hydrogens is 466 g/mol. The molecule has 37 heavy (non-hydrogen) atoms. The van der Waals surface area contributed by atoms with Crippen LogP contribution in [0, 0.1) is 28.4 Å². The van der Waals surface area contributed by atoms with Crippen LogP contribution in [0.25, 0.3) is 0 Å². The predicted octanol–water partition coefficient (Wildman–Crippen LogP) is 7.64. The topological polar surface area (TPSA) is 129 Å². The van der Waals surface area contributed by atoms with Crippen LogP contribution in [0.2, 0.25) is 0 Å². The van der Waals surface area contributed by atoms with Crippen molar-refractivity contribution in [2.45, 2.75) is 20.3 Å². The predicted molar refractivity (Wildman–Crippen MR) is 146 cm³/mol. The zero-order chi connectivity index (χ0) is 26.5. The first kappa shape index (κ1) is 26.5. The molecule has 0 aliphatic heterocycles. The molecule has 0 unspecified atom stereocenters. The van der Waals surface area contributed by atoms with Gasteiger partial charge in [-0.05, 0) is 54.8 Å². The molecule has 0 atom stereocenters. The van der Waals surface area contributed by atoms with Gasteiger partial charge in [-0.1, -0.05) is 48.5 Å². The Morgan fingerprint density at radius 1 is 0.973 bits per heavy atom. The number of non-ortho nitro benzene ring substituents is 1. The molecular formula is C28H27N7O2. The summed E-state index contributed by atoms with van der Waals surface area (Å²) in [6.07, 6.45) is 0.880. The minimum absolute atomic E-state index is 0.00848. The molecule has 0 saturated carbocycles. The van der Waals surface area contributed by atoms with E-state index >= 15 is 0 Å². The average molecular weight is 494 g/mol. The van der Waals surface area contributed by atoms with Crippen molar-refractivity contribution in [3.8, 4) is 6.07 Å². The van der Waals surface area contributed by atoms with Gasteiger partial charge in [-0.25, -0.2) is 4.98 Å². The highest BCUT2D eigenvalue weighted by atomic mass is 16.6. The average Bonchev–Trinajstić information content (AvgIpc) is 2.90. The Labute approximate surface area is 215 Å². The Bertz CT molecular complexity index is 1370. The van der Waals surface area contributed by atoms with Crippen molar-refractivity contribution < 1.29 is 4.92 Å². The van der Waals surface area contributed by atoms with Crippen LogP contribution < -0.4 is 10.6 Å². The largest absolute Gasteiger partial charge is 0.370 e. The van der Waals surface area contributed by atoms with Crippen LogP contribution in [0.5, 0.6) is 0 Å². The highest BCUT2D eigenvalue weighted by Gasteiger charge is 2.11. The molecule has 0 aliphatic rings. The Kier molecular flexibility index (Phi) is 9.82. The third-order valence-electron chi connectivity index (χ3n) is 5.11. The van der Waals surface area contributed by atoms with E-state index in [1.165, 1.54) is 24.6 Å². The maximum atomic E-state index is 10.9. The van der Waals surface area contributed by atoms with Gasteiger partial charge in [0.15, 0.2) is 5.82 Å². The number of nitrogens with zero attached hydrogens (tertiary/aromatic N) is 5. The second-order valence-electron chi connectivity index (χ2n) is 7.87. The molecule has 0 radical (unpaired) electrons. The van der Waals surface area contributed by atoms with Crippen LogP contribution in [0.15, 0.2) is 101 Å². The fourth-order valence-electron chi connectivity index (χ4n) is 3.36. The molecule has 4 rings (SSSR count). The molecule has 186 valence electrons. The molecule has 4 aromatic rings. The second kappa shape index (κ2) is 13.7. The van der Waals surface area contributed by atoms with Crippen LogP contribution in [0.4, 0.5) is 34.4 Å². The molecule has 9 heteroatoms. The summed E-state index contributed by atoms with van der Waals surface area (Å²) in [5.74, 6) is 1.31. The number of hydrogen-bond donors (Lipinski definition) is 2. The van der Waals surface area contributed by atoms with E-state index in [0.29, 0.717) is 17.2 Å². The number of rotatable bonds is 9. The van der Waals surface area contributed by atoms with Crippen LogP contribution in [-0.2, 0) is 6.42 Å². The summed E-state index contributed by atoms with van der Waals surface area (Å²) in [6.45, 7) is 4.12. The van der Waals surface area contributed by atoms with Crippen molar-refractivity contribution in [1.82, 2.24) is 4.98 Å². The SMILES string of the molecule is CC#N.Cc1cc(NCCc2ccccc2)nc(Nc2ccccc2)c1N=Nc1ccc([N+](=O)[O-])cc1. The lowest BCUT2D eigenvalue weighted by atomic mass is 10.1. The lowest BCUT2D eigenvalue weighted by Gasteiger charge is -2.14. The standard InChI is InChI=1S/C26H24N6O2.C2H3N/c1-19-18-24(27-17-16-20-8-4-2-5-9-20)29-26(28-21-10-6-3-7-11-21)25(19)31-30-22-12-14-23(15-13-22)32(33)34;1-2-3/h2-15,18H,16-17H2,1H3,(H2,27,28,29);1H3. The Morgan fingerprint density at radius 2 is 1.59 bits per heavy atom. The summed E-state index contributed by atoms with van der Waals surface area (Å²) in [4.78, 5) is 15.2. The number of nitriles is 1. The summed E-state index contributed by atoms with van der Waals surface area (Å²) < 4.78 is 0. The Morgan fingerprint density at radius 3 is 2.22 bits per heavy atom. The summed E-state index contributed by atoms with van der Waals surface area (Å²) in [5, 5.41) is 33.6. The van der Waals surface area contributed by atoms with Crippen molar-refractivity contribution in [1.29, 1.82) is 5.26 Å². The fraction of sp³-hybridized carbons (Fsp3) is 0.143. The van der Waals surface area contributed by atoms with Crippen molar-refractivity contribution in [2.24, 2.45) is 10.2 Å². The number of nitro groups is 1. The Balaban J connectivity index is 0.00000121. The molecule has 0 aliphatic carbocycles. The van der Waals surface area contributed by atoms with Gasteiger partial charge in [-0.3, -0.25) is 10.1 Å². The van der Waals surface area contributed by atoms with Crippen LogP contribution >= 0.6 is 0 Å². The number of aryl methyl sites for hydroxylation is 1. The number of benzene rings is 3. The minimum Gasteiger partial charge on any atom is -0.370 e. The highest BCUT2D eigenvalue weighted by molar-refractivity contribution is 5.73. The van der Waals surface area contributed by atoms with E-state index in [4.69, 9.17) is 10.2 Å². The summed E-state index contributed by atoms with van der Waals surface area (Å²) in [5.41, 5.74) is 4.14. The first-order valence-electron chi connectivity index (χ1n) is 11.6. The minimum atomic E-state index is -0.444. The van der Waals surface area contributed by atoms with Crippen LogP contribution in [0.1, 0.15) is 18.1 Å².